The van der Waals surface area contributed by atoms with Crippen molar-refractivity contribution in [1.29, 1.82) is 5.26 Å². The summed E-state index contributed by atoms with van der Waals surface area (Å²) >= 11 is 0. The zero-order chi connectivity index (χ0) is 20.8. The molecular formula is C22H21N5O3. The number of benzene rings is 1. The molecule has 4 aromatic rings. The van der Waals surface area contributed by atoms with E-state index >= 15 is 0 Å². The highest BCUT2D eigenvalue weighted by Crippen LogP contribution is 2.27. The van der Waals surface area contributed by atoms with Crippen LogP contribution in [0.1, 0.15) is 23.4 Å². The van der Waals surface area contributed by atoms with Crippen molar-refractivity contribution in [2.75, 3.05) is 11.9 Å². The topological polar surface area (TPSA) is 102 Å². The van der Waals surface area contributed by atoms with Gasteiger partial charge in [-0.3, -0.25) is 0 Å². The van der Waals surface area contributed by atoms with E-state index in [2.05, 4.69) is 15.3 Å². The van der Waals surface area contributed by atoms with Crippen molar-refractivity contribution in [2.45, 2.75) is 26.5 Å². The fraction of sp³-hybridized carbons (Fsp3) is 0.227. The second kappa shape index (κ2) is 9.01. The summed E-state index contributed by atoms with van der Waals surface area (Å²) in [6.45, 7) is 3.76. The molecule has 0 unspecified atom stereocenters. The molecule has 30 heavy (non-hydrogen) atoms. The smallest absolute Gasteiger partial charge is 0.266 e. The van der Waals surface area contributed by atoms with Crippen LogP contribution in [0.4, 0.5) is 5.88 Å². The van der Waals surface area contributed by atoms with Gasteiger partial charge >= 0.3 is 0 Å². The van der Waals surface area contributed by atoms with Gasteiger partial charge in [-0.15, -0.1) is 0 Å². The van der Waals surface area contributed by atoms with E-state index in [0.717, 1.165) is 18.7 Å². The van der Waals surface area contributed by atoms with E-state index in [-0.39, 0.29) is 18.2 Å². The number of imidazole rings is 1. The molecule has 0 spiro atoms. The molecule has 0 aliphatic rings. The average Bonchev–Trinajstić information content (AvgIpc) is 3.51. The summed E-state index contributed by atoms with van der Waals surface area (Å²) in [6, 6.07) is 13.4. The summed E-state index contributed by atoms with van der Waals surface area (Å²) in [5, 5.41) is 12.5. The number of anilines is 1. The van der Waals surface area contributed by atoms with Gasteiger partial charge in [-0.25, -0.2) is 4.98 Å². The number of nitriles is 1. The predicted molar refractivity (Wildman–Crippen MR) is 110 cm³/mol. The molecule has 3 aromatic heterocycles. The maximum Gasteiger partial charge on any atom is 0.266 e. The third-order valence-electron chi connectivity index (χ3n) is 4.45. The van der Waals surface area contributed by atoms with Gasteiger partial charge in [-0.05, 0) is 37.6 Å². The van der Waals surface area contributed by atoms with E-state index in [1.807, 2.05) is 48.0 Å². The van der Waals surface area contributed by atoms with Crippen LogP contribution < -0.4 is 10.1 Å². The Kier molecular flexibility index (Phi) is 5.80. The number of hydrogen-bond donors (Lipinski definition) is 1. The minimum atomic E-state index is 0.196. The van der Waals surface area contributed by atoms with Gasteiger partial charge < -0.3 is 23.5 Å². The lowest BCUT2D eigenvalue weighted by atomic mass is 10.2. The maximum absolute atomic E-state index is 9.34. The van der Waals surface area contributed by atoms with Crippen molar-refractivity contribution in [3.8, 4) is 23.5 Å². The molecule has 1 aromatic carbocycles. The molecule has 0 atom stereocenters. The first-order chi connectivity index (χ1) is 14.7. The van der Waals surface area contributed by atoms with Crippen LogP contribution in [0, 0.1) is 18.3 Å². The van der Waals surface area contributed by atoms with Gasteiger partial charge in [0.1, 0.15) is 24.2 Å². The summed E-state index contributed by atoms with van der Waals surface area (Å²) < 4.78 is 19.2. The van der Waals surface area contributed by atoms with E-state index in [0.29, 0.717) is 23.9 Å². The fourth-order valence-electron chi connectivity index (χ4n) is 2.86. The Bertz CT molecular complexity index is 1120. The summed E-state index contributed by atoms with van der Waals surface area (Å²) in [5.74, 6) is 2.44. The van der Waals surface area contributed by atoms with Crippen LogP contribution in [0.5, 0.6) is 5.75 Å². The normalized spacial score (nSPS) is 10.7. The molecule has 152 valence electrons. The highest BCUT2D eigenvalue weighted by Gasteiger charge is 2.17. The SMILES string of the molecule is Cc1ccc(OCc2ccc(-c3nc(C#N)c(NCCCn4ccnc4)o3)o2)cc1. The Labute approximate surface area is 173 Å². The van der Waals surface area contributed by atoms with Crippen LogP contribution in [0.25, 0.3) is 11.7 Å². The number of nitrogens with zero attached hydrogens (tertiary/aromatic N) is 4. The molecule has 0 radical (unpaired) electrons. The molecule has 1 N–H and O–H groups in total. The number of ether oxygens (including phenoxy) is 1. The van der Waals surface area contributed by atoms with Gasteiger partial charge in [0.15, 0.2) is 5.76 Å². The van der Waals surface area contributed by atoms with E-state index in [4.69, 9.17) is 13.6 Å². The Balaban J connectivity index is 1.35. The fourth-order valence-corrected chi connectivity index (χ4v) is 2.86. The van der Waals surface area contributed by atoms with Crippen molar-refractivity contribution < 1.29 is 13.6 Å². The van der Waals surface area contributed by atoms with Crippen molar-refractivity contribution in [3.63, 3.8) is 0 Å². The minimum Gasteiger partial charge on any atom is -0.486 e. The number of aromatic nitrogens is 3. The Morgan fingerprint density at radius 1 is 1.17 bits per heavy atom. The molecule has 0 aliphatic carbocycles. The van der Waals surface area contributed by atoms with E-state index in [9.17, 15) is 5.26 Å². The molecule has 0 fully saturated rings. The minimum absolute atomic E-state index is 0.196. The monoisotopic (exact) mass is 403 g/mol. The first-order valence-electron chi connectivity index (χ1n) is 9.60. The number of rotatable bonds is 9. The molecule has 0 bridgehead atoms. The zero-order valence-corrected chi connectivity index (χ0v) is 16.5. The molecule has 8 heteroatoms. The number of oxazole rings is 1. The van der Waals surface area contributed by atoms with Crippen LogP contribution in [0.15, 0.2) is 64.0 Å². The molecule has 3 heterocycles. The van der Waals surface area contributed by atoms with Crippen LogP contribution in [0.3, 0.4) is 0 Å². The highest BCUT2D eigenvalue weighted by atomic mass is 16.5. The lowest BCUT2D eigenvalue weighted by molar-refractivity contribution is 0.271. The molecule has 0 saturated carbocycles. The van der Waals surface area contributed by atoms with Crippen LogP contribution in [-0.4, -0.2) is 21.1 Å². The first kappa shape index (κ1) is 19.3. The largest absolute Gasteiger partial charge is 0.486 e. The highest BCUT2D eigenvalue weighted by molar-refractivity contribution is 5.54. The third-order valence-corrected chi connectivity index (χ3v) is 4.45. The number of aryl methyl sites for hydroxylation is 2. The van der Waals surface area contributed by atoms with Gasteiger partial charge in [0.25, 0.3) is 5.89 Å². The van der Waals surface area contributed by atoms with Crippen LogP contribution in [0.2, 0.25) is 0 Å². The number of nitrogens with one attached hydrogen (secondary N) is 1. The van der Waals surface area contributed by atoms with E-state index in [1.165, 1.54) is 5.56 Å². The quantitative estimate of drug-likeness (QED) is 0.413. The second-order valence-electron chi connectivity index (χ2n) is 6.76. The molecule has 0 amide bonds. The standard InChI is InChI=1S/C22H21N5O3/c1-16-3-5-17(6-4-16)28-14-18-7-8-20(29-18)22-26-19(13-23)21(30-22)25-9-2-11-27-12-10-24-15-27/h3-8,10,12,15,25H,2,9,11,14H2,1H3. The van der Waals surface area contributed by atoms with E-state index in [1.54, 1.807) is 24.7 Å². The summed E-state index contributed by atoms with van der Waals surface area (Å²) in [4.78, 5) is 8.24. The molecule has 0 aliphatic heterocycles. The van der Waals surface area contributed by atoms with Crippen molar-refractivity contribution >= 4 is 5.88 Å². The van der Waals surface area contributed by atoms with Gasteiger partial charge in [-0.2, -0.15) is 10.2 Å². The second-order valence-corrected chi connectivity index (χ2v) is 6.76. The number of furan rings is 1. The first-order valence-corrected chi connectivity index (χ1v) is 9.60. The van der Waals surface area contributed by atoms with Crippen molar-refractivity contribution in [3.05, 3.63) is 72.1 Å². The molecular weight excluding hydrogens is 382 g/mol. The van der Waals surface area contributed by atoms with Crippen molar-refractivity contribution in [2.24, 2.45) is 0 Å². The lowest BCUT2D eigenvalue weighted by Gasteiger charge is -2.04. The van der Waals surface area contributed by atoms with Gasteiger partial charge in [-0.1, -0.05) is 17.7 Å². The van der Waals surface area contributed by atoms with Gasteiger partial charge in [0, 0.05) is 25.5 Å². The maximum atomic E-state index is 9.34. The summed E-state index contributed by atoms with van der Waals surface area (Å²) in [7, 11) is 0. The predicted octanol–water partition coefficient (Wildman–Crippen LogP) is 4.39. The molecule has 8 nitrogen and oxygen atoms in total. The van der Waals surface area contributed by atoms with Crippen LogP contribution in [-0.2, 0) is 13.2 Å². The average molecular weight is 403 g/mol. The summed E-state index contributed by atoms with van der Waals surface area (Å²) in [6.07, 6.45) is 6.26. The Hall–Kier alpha value is -3.99. The molecule has 0 saturated heterocycles. The van der Waals surface area contributed by atoms with E-state index < -0.39 is 0 Å². The van der Waals surface area contributed by atoms with Crippen LogP contribution >= 0.6 is 0 Å². The third kappa shape index (κ3) is 4.70. The molecule has 4 rings (SSSR count). The summed E-state index contributed by atoms with van der Waals surface area (Å²) in [5.41, 5.74) is 1.37. The number of hydrogen-bond acceptors (Lipinski definition) is 7. The van der Waals surface area contributed by atoms with Gasteiger partial charge in [0.05, 0.1) is 6.33 Å². The zero-order valence-electron chi connectivity index (χ0n) is 16.5. The lowest BCUT2D eigenvalue weighted by Crippen LogP contribution is -2.06. The Morgan fingerprint density at radius 2 is 2.03 bits per heavy atom. The van der Waals surface area contributed by atoms with Crippen molar-refractivity contribution in [1.82, 2.24) is 14.5 Å². The van der Waals surface area contributed by atoms with Gasteiger partial charge in [0.2, 0.25) is 11.6 Å². The Morgan fingerprint density at radius 3 is 2.80 bits per heavy atom.